The molecule has 0 bridgehead atoms. The van der Waals surface area contributed by atoms with Gasteiger partial charge in [-0.3, -0.25) is 24.1 Å². The number of benzene rings is 1. The first-order valence-electron chi connectivity index (χ1n) is 18.6. The zero-order valence-electron chi connectivity index (χ0n) is 33.9. The van der Waals surface area contributed by atoms with E-state index in [1.165, 1.54) is 7.11 Å². The third kappa shape index (κ3) is 11.0. The number of hydrogen-bond donors (Lipinski definition) is 4. The molecule has 13 nitrogen and oxygen atoms in total. The summed E-state index contributed by atoms with van der Waals surface area (Å²) in [7, 11) is 8.34. The number of methoxy groups -OCH3 is 2. The van der Waals surface area contributed by atoms with Crippen molar-refractivity contribution in [3.63, 3.8) is 0 Å². The zero-order chi connectivity index (χ0) is 39.7. The molecular formula is C39H68N6O7. The number of aliphatic hydroxyl groups is 1. The lowest BCUT2D eigenvalue weighted by Crippen LogP contribution is -2.67. The van der Waals surface area contributed by atoms with Crippen molar-refractivity contribution in [1.29, 1.82) is 0 Å². The van der Waals surface area contributed by atoms with Crippen LogP contribution in [-0.2, 0) is 28.7 Å². The van der Waals surface area contributed by atoms with E-state index in [1.54, 1.807) is 84.5 Å². The molecule has 1 heterocycles. The van der Waals surface area contributed by atoms with Crippen molar-refractivity contribution in [3.8, 4) is 0 Å². The highest BCUT2D eigenvalue weighted by Gasteiger charge is 2.45. The number of carbonyl (C=O) groups is 4. The Morgan fingerprint density at radius 3 is 2.10 bits per heavy atom. The topological polar surface area (TPSA) is 167 Å². The Morgan fingerprint density at radius 1 is 1.00 bits per heavy atom. The molecular weight excluding hydrogens is 664 g/mol. The Morgan fingerprint density at radius 2 is 1.60 bits per heavy atom. The average Bonchev–Trinajstić information content (AvgIpc) is 3.58. The van der Waals surface area contributed by atoms with Gasteiger partial charge in [0.15, 0.2) is 0 Å². The molecule has 4 amide bonds. The van der Waals surface area contributed by atoms with Crippen molar-refractivity contribution in [1.82, 2.24) is 25.3 Å². The minimum Gasteiger partial charge on any atom is -0.386 e. The Balaban J connectivity index is 2.28. The van der Waals surface area contributed by atoms with Crippen molar-refractivity contribution in [2.24, 2.45) is 17.6 Å². The Bertz CT molecular complexity index is 1320. The minimum absolute atomic E-state index is 0.00630. The summed E-state index contributed by atoms with van der Waals surface area (Å²) in [4.78, 5) is 60.4. The smallest absolute Gasteiger partial charge is 0.247 e. The summed E-state index contributed by atoms with van der Waals surface area (Å²) in [5.41, 5.74) is 5.23. The number of ether oxygens (including phenoxy) is 2. The maximum absolute atomic E-state index is 14.3. The van der Waals surface area contributed by atoms with Gasteiger partial charge in [0.25, 0.3) is 0 Å². The highest BCUT2D eigenvalue weighted by Crippen LogP contribution is 2.30. The summed E-state index contributed by atoms with van der Waals surface area (Å²) in [6.45, 7) is 15.0. The molecule has 52 heavy (non-hydrogen) atoms. The number of likely N-dealkylation sites (N-methyl/N-ethyl adjacent to an activating group) is 2. The van der Waals surface area contributed by atoms with E-state index in [9.17, 15) is 24.3 Å². The summed E-state index contributed by atoms with van der Waals surface area (Å²) in [6, 6.07) is 6.69. The van der Waals surface area contributed by atoms with Crippen molar-refractivity contribution >= 4 is 23.6 Å². The van der Waals surface area contributed by atoms with Crippen LogP contribution in [0.1, 0.15) is 92.7 Å². The molecule has 1 saturated heterocycles. The van der Waals surface area contributed by atoms with Crippen molar-refractivity contribution in [2.75, 3.05) is 41.9 Å². The van der Waals surface area contributed by atoms with Gasteiger partial charge >= 0.3 is 0 Å². The molecule has 1 aromatic rings. The Labute approximate surface area is 312 Å². The van der Waals surface area contributed by atoms with E-state index in [-0.39, 0.29) is 42.0 Å². The number of likely N-dealkylation sites (tertiary alicyclic amines) is 1. The second-order valence-corrected chi connectivity index (χ2v) is 15.9. The van der Waals surface area contributed by atoms with E-state index in [2.05, 4.69) is 10.6 Å². The van der Waals surface area contributed by atoms with Gasteiger partial charge in [-0.2, -0.15) is 0 Å². The first-order valence-corrected chi connectivity index (χ1v) is 18.6. The summed E-state index contributed by atoms with van der Waals surface area (Å²) in [5.74, 6) is -1.84. The molecule has 0 aromatic heterocycles. The van der Waals surface area contributed by atoms with Crippen LogP contribution in [0.25, 0.3) is 0 Å². The number of carbonyl (C=O) groups excluding carboxylic acids is 4. The Hall–Kier alpha value is -3.10. The Kier molecular flexibility index (Phi) is 16.7. The van der Waals surface area contributed by atoms with Crippen LogP contribution in [0, 0.1) is 11.8 Å². The molecule has 1 aromatic carbocycles. The van der Waals surface area contributed by atoms with Crippen LogP contribution >= 0.6 is 0 Å². The van der Waals surface area contributed by atoms with Crippen molar-refractivity contribution < 1.29 is 33.8 Å². The summed E-state index contributed by atoms with van der Waals surface area (Å²) in [5, 5.41) is 16.7. The van der Waals surface area contributed by atoms with Crippen LogP contribution in [0.5, 0.6) is 0 Å². The molecule has 0 aliphatic carbocycles. The molecule has 2 rings (SSSR count). The van der Waals surface area contributed by atoms with Gasteiger partial charge in [-0.05, 0) is 73.0 Å². The van der Waals surface area contributed by atoms with Crippen LogP contribution in [0.15, 0.2) is 30.3 Å². The molecule has 0 unspecified atom stereocenters. The van der Waals surface area contributed by atoms with Gasteiger partial charge < -0.3 is 40.7 Å². The van der Waals surface area contributed by atoms with E-state index < -0.39 is 53.4 Å². The summed E-state index contributed by atoms with van der Waals surface area (Å²) >= 11 is 0. The summed E-state index contributed by atoms with van der Waals surface area (Å²) < 4.78 is 11.9. The molecule has 1 aliphatic heterocycles. The van der Waals surface area contributed by atoms with Gasteiger partial charge in [-0.25, -0.2) is 0 Å². The number of nitrogens with one attached hydrogen (secondary N) is 2. The third-order valence-corrected chi connectivity index (χ3v) is 11.2. The van der Waals surface area contributed by atoms with E-state index in [0.717, 1.165) is 6.42 Å². The van der Waals surface area contributed by atoms with Crippen LogP contribution in [-0.4, -0.2) is 133 Å². The fourth-order valence-corrected chi connectivity index (χ4v) is 6.96. The molecule has 9 atom stereocenters. The SMILES string of the molecule is CC[C@H](C)[C@@H]([C@@H](CC(=O)N1CCC[C@H]1[C@H](OC)[C@@H](C)C(=O)N[C@H](C)[C@@H](O)c1ccccc1)OC)N(C)C(=O)[C@@H](NC(=O)C(C)(C)N(C)C)C(C)(C)N. The lowest BCUT2D eigenvalue weighted by Gasteiger charge is -2.43. The van der Waals surface area contributed by atoms with Gasteiger partial charge in [-0.1, -0.05) is 57.5 Å². The third-order valence-electron chi connectivity index (χ3n) is 11.2. The second-order valence-electron chi connectivity index (χ2n) is 15.9. The fourth-order valence-electron chi connectivity index (χ4n) is 6.96. The molecule has 0 saturated carbocycles. The monoisotopic (exact) mass is 733 g/mol. The predicted molar refractivity (Wildman–Crippen MR) is 203 cm³/mol. The van der Waals surface area contributed by atoms with Crippen LogP contribution in [0.4, 0.5) is 0 Å². The van der Waals surface area contributed by atoms with Crippen molar-refractivity contribution in [3.05, 3.63) is 35.9 Å². The first-order chi connectivity index (χ1) is 24.1. The van der Waals surface area contributed by atoms with Gasteiger partial charge in [-0.15, -0.1) is 0 Å². The van der Waals surface area contributed by atoms with E-state index in [4.69, 9.17) is 15.2 Å². The molecule has 1 fully saturated rings. The zero-order valence-corrected chi connectivity index (χ0v) is 33.9. The minimum atomic E-state index is -1.10. The number of rotatable bonds is 19. The quantitative estimate of drug-likeness (QED) is 0.167. The van der Waals surface area contributed by atoms with Gasteiger partial charge in [0.05, 0.1) is 54.3 Å². The van der Waals surface area contributed by atoms with Crippen LogP contribution < -0.4 is 16.4 Å². The highest BCUT2D eigenvalue weighted by molar-refractivity contribution is 5.92. The standard InChI is InChI=1S/C39H68N6O7/c1-14-24(2)31(44(11)36(49)34(38(5,6)40)42-37(50)39(7,8)43(9)10)29(51-12)23-30(46)45-22-18-21-28(45)33(52-13)25(3)35(48)41-26(4)32(47)27-19-16-15-17-20-27/h15-17,19-20,24-26,28-29,31-34,47H,14,18,21-23,40H2,1-13H3,(H,41,48)(H,42,50)/t24-,25+,26+,28-,29+,31-,32+,33+,34+/m0/s1. The van der Waals surface area contributed by atoms with Gasteiger partial charge in [0.1, 0.15) is 6.04 Å². The van der Waals surface area contributed by atoms with Crippen molar-refractivity contribution in [2.45, 2.75) is 135 Å². The molecule has 0 radical (unpaired) electrons. The predicted octanol–water partition coefficient (Wildman–Crippen LogP) is 2.71. The number of nitrogens with two attached hydrogens (primary N) is 1. The molecule has 0 spiro atoms. The fraction of sp³-hybridized carbons (Fsp3) is 0.744. The second kappa shape index (κ2) is 19.3. The van der Waals surface area contributed by atoms with E-state index in [0.29, 0.717) is 24.9 Å². The molecule has 5 N–H and O–H groups in total. The van der Waals surface area contributed by atoms with Crippen LogP contribution in [0.2, 0.25) is 0 Å². The van der Waals surface area contributed by atoms with E-state index >= 15 is 0 Å². The van der Waals surface area contributed by atoms with Gasteiger partial charge in [0.2, 0.25) is 23.6 Å². The first kappa shape index (κ1) is 45.1. The lowest BCUT2D eigenvalue weighted by atomic mass is 9.88. The lowest BCUT2D eigenvalue weighted by molar-refractivity contribution is -0.148. The number of aliphatic hydroxyl groups excluding tert-OH is 1. The normalized spacial score (nSPS) is 19.9. The average molecular weight is 733 g/mol. The van der Waals surface area contributed by atoms with Crippen LogP contribution in [0.3, 0.4) is 0 Å². The molecule has 13 heteroatoms. The number of amides is 4. The van der Waals surface area contributed by atoms with Gasteiger partial charge in [0, 0.05) is 33.4 Å². The summed E-state index contributed by atoms with van der Waals surface area (Å²) in [6.07, 6.45) is -0.0477. The number of hydrogen-bond acceptors (Lipinski definition) is 9. The highest BCUT2D eigenvalue weighted by atomic mass is 16.5. The molecule has 296 valence electrons. The maximum Gasteiger partial charge on any atom is 0.247 e. The largest absolute Gasteiger partial charge is 0.386 e. The number of nitrogens with zero attached hydrogens (tertiary/aromatic N) is 3. The molecule has 1 aliphatic rings. The van der Waals surface area contributed by atoms with E-state index in [1.807, 2.05) is 44.2 Å². The maximum atomic E-state index is 14.3.